The zero-order valence-electron chi connectivity index (χ0n) is 13.2. The van der Waals surface area contributed by atoms with E-state index < -0.39 is 0 Å². The lowest BCUT2D eigenvalue weighted by Gasteiger charge is -2.19. The Balaban J connectivity index is 2.36. The van der Waals surface area contributed by atoms with Gasteiger partial charge < -0.3 is 16.0 Å². The van der Waals surface area contributed by atoms with E-state index in [9.17, 15) is 9.59 Å². The molecule has 0 aliphatic heterocycles. The highest BCUT2D eigenvalue weighted by Gasteiger charge is 2.13. The molecule has 0 radical (unpaired) electrons. The molecule has 0 saturated carbocycles. The summed E-state index contributed by atoms with van der Waals surface area (Å²) in [7, 11) is 0. The highest BCUT2D eigenvalue weighted by Crippen LogP contribution is 2.23. The average molecular weight is 291 g/mol. The van der Waals surface area contributed by atoms with Crippen LogP contribution in [0.4, 0.5) is 10.5 Å². The minimum Gasteiger partial charge on any atom is -0.354 e. The SMILES string of the molecule is CCC(=O)NCCNC(=O)Nc1ccc(C(C)(C)C)cc1. The van der Waals surface area contributed by atoms with Crippen molar-refractivity contribution in [3.63, 3.8) is 0 Å². The van der Waals surface area contributed by atoms with Gasteiger partial charge >= 0.3 is 6.03 Å². The van der Waals surface area contributed by atoms with Gasteiger partial charge in [0.15, 0.2) is 0 Å². The van der Waals surface area contributed by atoms with Crippen molar-refractivity contribution in [1.82, 2.24) is 10.6 Å². The summed E-state index contributed by atoms with van der Waals surface area (Å²) < 4.78 is 0. The highest BCUT2D eigenvalue weighted by atomic mass is 16.2. The van der Waals surface area contributed by atoms with E-state index in [-0.39, 0.29) is 17.4 Å². The van der Waals surface area contributed by atoms with Gasteiger partial charge in [-0.15, -0.1) is 0 Å². The van der Waals surface area contributed by atoms with E-state index in [4.69, 9.17) is 0 Å². The van der Waals surface area contributed by atoms with Gasteiger partial charge in [0.05, 0.1) is 0 Å². The van der Waals surface area contributed by atoms with Crippen LogP contribution in [0.1, 0.15) is 39.7 Å². The van der Waals surface area contributed by atoms with Crippen LogP contribution in [0.5, 0.6) is 0 Å². The van der Waals surface area contributed by atoms with Gasteiger partial charge in [-0.3, -0.25) is 4.79 Å². The van der Waals surface area contributed by atoms with Crippen molar-refractivity contribution in [2.75, 3.05) is 18.4 Å². The van der Waals surface area contributed by atoms with Gasteiger partial charge in [-0.2, -0.15) is 0 Å². The first-order valence-electron chi connectivity index (χ1n) is 7.25. The number of rotatable bonds is 5. The summed E-state index contributed by atoms with van der Waals surface area (Å²) >= 11 is 0. The molecular weight excluding hydrogens is 266 g/mol. The molecular formula is C16H25N3O2. The lowest BCUT2D eigenvalue weighted by molar-refractivity contribution is -0.120. The Bertz CT molecular complexity index is 475. The van der Waals surface area contributed by atoms with Gasteiger partial charge in [0, 0.05) is 25.2 Å². The molecule has 116 valence electrons. The van der Waals surface area contributed by atoms with Crippen LogP contribution in [0.3, 0.4) is 0 Å². The monoisotopic (exact) mass is 291 g/mol. The van der Waals surface area contributed by atoms with E-state index in [1.165, 1.54) is 5.56 Å². The lowest BCUT2D eigenvalue weighted by atomic mass is 9.87. The molecule has 21 heavy (non-hydrogen) atoms. The molecule has 5 heteroatoms. The standard InChI is InChI=1S/C16H25N3O2/c1-5-14(20)17-10-11-18-15(21)19-13-8-6-12(7-9-13)16(2,3)4/h6-9H,5,10-11H2,1-4H3,(H,17,20)(H2,18,19,21). The third kappa shape index (κ3) is 6.29. The molecule has 5 nitrogen and oxygen atoms in total. The second-order valence-corrected chi connectivity index (χ2v) is 5.91. The van der Waals surface area contributed by atoms with Crippen molar-refractivity contribution in [3.8, 4) is 0 Å². The second-order valence-electron chi connectivity index (χ2n) is 5.91. The molecule has 0 unspecified atom stereocenters. The molecule has 0 atom stereocenters. The van der Waals surface area contributed by atoms with E-state index in [1.54, 1.807) is 6.92 Å². The number of hydrogen-bond donors (Lipinski definition) is 3. The van der Waals surface area contributed by atoms with Crippen molar-refractivity contribution < 1.29 is 9.59 Å². The number of nitrogens with one attached hydrogen (secondary N) is 3. The summed E-state index contributed by atoms with van der Waals surface area (Å²) in [6.45, 7) is 9.06. The Morgan fingerprint density at radius 1 is 1.00 bits per heavy atom. The number of amides is 3. The molecule has 0 heterocycles. The van der Waals surface area contributed by atoms with Crippen LogP contribution in [-0.4, -0.2) is 25.0 Å². The van der Waals surface area contributed by atoms with E-state index in [0.717, 1.165) is 5.69 Å². The van der Waals surface area contributed by atoms with Crippen LogP contribution in [0.15, 0.2) is 24.3 Å². The fourth-order valence-corrected chi connectivity index (χ4v) is 1.73. The Morgan fingerprint density at radius 2 is 1.57 bits per heavy atom. The van der Waals surface area contributed by atoms with Crippen LogP contribution in [-0.2, 0) is 10.2 Å². The van der Waals surface area contributed by atoms with Crippen LogP contribution in [0, 0.1) is 0 Å². The van der Waals surface area contributed by atoms with E-state index in [0.29, 0.717) is 19.5 Å². The van der Waals surface area contributed by atoms with Crippen LogP contribution < -0.4 is 16.0 Å². The van der Waals surface area contributed by atoms with Gasteiger partial charge in [-0.05, 0) is 23.1 Å². The summed E-state index contributed by atoms with van der Waals surface area (Å²) in [6, 6.07) is 7.52. The molecule has 0 aliphatic carbocycles. The number of urea groups is 1. The first kappa shape index (κ1) is 17.0. The molecule has 0 bridgehead atoms. The lowest BCUT2D eigenvalue weighted by Crippen LogP contribution is -2.36. The molecule has 0 aliphatic rings. The molecule has 3 N–H and O–H groups in total. The highest BCUT2D eigenvalue weighted by molar-refractivity contribution is 5.89. The largest absolute Gasteiger partial charge is 0.354 e. The molecule has 0 saturated heterocycles. The number of hydrogen-bond acceptors (Lipinski definition) is 2. The number of benzene rings is 1. The van der Waals surface area contributed by atoms with Gasteiger partial charge in [0.25, 0.3) is 0 Å². The van der Waals surface area contributed by atoms with Crippen LogP contribution >= 0.6 is 0 Å². The predicted molar refractivity (Wildman–Crippen MR) is 85.5 cm³/mol. The smallest absolute Gasteiger partial charge is 0.319 e. The summed E-state index contributed by atoms with van der Waals surface area (Å²) in [5.74, 6) is -0.0185. The zero-order chi connectivity index (χ0) is 15.9. The minimum absolute atomic E-state index is 0.0185. The van der Waals surface area contributed by atoms with Gasteiger partial charge in [0.1, 0.15) is 0 Å². The quantitative estimate of drug-likeness (QED) is 0.730. The first-order chi connectivity index (χ1) is 9.82. The van der Waals surface area contributed by atoms with Gasteiger partial charge in [-0.1, -0.05) is 39.8 Å². The Labute approximate surface area is 126 Å². The second kappa shape index (κ2) is 7.67. The minimum atomic E-state index is -0.274. The Kier molecular flexibility index (Phi) is 6.21. The third-order valence-corrected chi connectivity index (χ3v) is 3.06. The number of carbonyl (C=O) groups is 2. The van der Waals surface area contributed by atoms with Crippen LogP contribution in [0.2, 0.25) is 0 Å². The molecule has 0 spiro atoms. The zero-order valence-corrected chi connectivity index (χ0v) is 13.2. The van der Waals surface area contributed by atoms with E-state index in [2.05, 4.69) is 36.7 Å². The fraction of sp³-hybridized carbons (Fsp3) is 0.500. The van der Waals surface area contributed by atoms with Crippen LogP contribution in [0.25, 0.3) is 0 Å². The van der Waals surface area contributed by atoms with E-state index in [1.807, 2.05) is 24.3 Å². The van der Waals surface area contributed by atoms with E-state index >= 15 is 0 Å². The fourth-order valence-electron chi connectivity index (χ4n) is 1.73. The molecule has 1 aromatic rings. The summed E-state index contributed by atoms with van der Waals surface area (Å²) in [5, 5.41) is 8.14. The number of carbonyl (C=O) groups excluding carboxylic acids is 2. The maximum absolute atomic E-state index is 11.7. The number of anilines is 1. The maximum Gasteiger partial charge on any atom is 0.319 e. The van der Waals surface area contributed by atoms with Crippen molar-refractivity contribution >= 4 is 17.6 Å². The molecule has 1 aromatic carbocycles. The van der Waals surface area contributed by atoms with Crippen molar-refractivity contribution in [2.24, 2.45) is 0 Å². The van der Waals surface area contributed by atoms with Gasteiger partial charge in [-0.25, -0.2) is 4.79 Å². The third-order valence-electron chi connectivity index (χ3n) is 3.06. The molecule has 0 fully saturated rings. The topological polar surface area (TPSA) is 70.2 Å². The van der Waals surface area contributed by atoms with Crippen molar-refractivity contribution in [2.45, 2.75) is 39.5 Å². The molecule has 3 amide bonds. The summed E-state index contributed by atoms with van der Waals surface area (Å²) in [4.78, 5) is 22.7. The average Bonchev–Trinajstić information content (AvgIpc) is 2.43. The van der Waals surface area contributed by atoms with Crippen molar-refractivity contribution in [1.29, 1.82) is 0 Å². The summed E-state index contributed by atoms with van der Waals surface area (Å²) in [6.07, 6.45) is 0.451. The first-order valence-corrected chi connectivity index (χ1v) is 7.25. The van der Waals surface area contributed by atoms with Gasteiger partial charge in [0.2, 0.25) is 5.91 Å². The maximum atomic E-state index is 11.7. The van der Waals surface area contributed by atoms with Crippen molar-refractivity contribution in [3.05, 3.63) is 29.8 Å². The molecule has 0 aromatic heterocycles. The summed E-state index contributed by atoms with van der Waals surface area (Å²) in [5.41, 5.74) is 2.06. The normalized spacial score (nSPS) is 10.9. The predicted octanol–water partition coefficient (Wildman–Crippen LogP) is 2.63. The Morgan fingerprint density at radius 3 is 2.10 bits per heavy atom. The molecule has 1 rings (SSSR count). The Hall–Kier alpha value is -2.04.